The number of allylic oxidation sites excluding steroid dienone is 1. The highest BCUT2D eigenvalue weighted by molar-refractivity contribution is 5.92. The van der Waals surface area contributed by atoms with Crippen LogP contribution in [0.25, 0.3) is 0 Å². The summed E-state index contributed by atoms with van der Waals surface area (Å²) < 4.78 is 2.20. The summed E-state index contributed by atoms with van der Waals surface area (Å²) in [5.41, 5.74) is 0.489. The molecule has 7 heteroatoms. The van der Waals surface area contributed by atoms with Crippen LogP contribution in [0, 0.1) is 40.9 Å². The van der Waals surface area contributed by atoms with Crippen molar-refractivity contribution in [2.45, 2.75) is 139 Å². The highest BCUT2D eigenvalue weighted by Gasteiger charge is 2.63. The van der Waals surface area contributed by atoms with Gasteiger partial charge in [0, 0.05) is 31.7 Å². The predicted octanol–water partition coefficient (Wildman–Crippen LogP) is 6.52. The maximum Gasteiger partial charge on any atom is 0.292 e. The van der Waals surface area contributed by atoms with E-state index in [1.165, 1.54) is 5.57 Å². The van der Waals surface area contributed by atoms with Crippen molar-refractivity contribution in [3.63, 3.8) is 0 Å². The second-order valence-electron chi connectivity index (χ2n) is 15.3. The third kappa shape index (κ3) is 9.36. The van der Waals surface area contributed by atoms with Crippen LogP contribution < -0.4 is 10.6 Å². The largest absolute Gasteiger partial charge is 0.354 e. The maximum absolute atomic E-state index is 13.8. The molecule has 2 N–H and O–H groups in total. The first-order chi connectivity index (χ1) is 20.5. The van der Waals surface area contributed by atoms with Gasteiger partial charge in [-0.25, -0.2) is 4.58 Å². The SMILES string of the molecule is C=C(CC)C1(C)C=[N+]2CCC2(C(=O)NC(CC(C)C)C(=O)NCCC(C)CCC(=O)CCC(C)C(C(C)=O)C(C)C)CC1C. The fourth-order valence-corrected chi connectivity index (χ4v) is 7.58. The first kappa shape index (κ1) is 37.9. The van der Waals surface area contributed by atoms with E-state index in [2.05, 4.69) is 90.3 Å². The van der Waals surface area contributed by atoms with Crippen LogP contribution in [0.3, 0.4) is 0 Å². The van der Waals surface area contributed by atoms with E-state index in [4.69, 9.17) is 0 Å². The minimum absolute atomic E-state index is 0.00794. The number of carbonyl (C=O) groups is 4. The van der Waals surface area contributed by atoms with Gasteiger partial charge in [0.2, 0.25) is 11.4 Å². The van der Waals surface area contributed by atoms with E-state index in [9.17, 15) is 19.2 Å². The van der Waals surface area contributed by atoms with Gasteiger partial charge in [-0.2, -0.15) is 0 Å². The third-order valence-corrected chi connectivity index (χ3v) is 10.9. The van der Waals surface area contributed by atoms with Crippen molar-refractivity contribution in [2.24, 2.45) is 40.9 Å². The van der Waals surface area contributed by atoms with Crippen LogP contribution in [0.4, 0.5) is 0 Å². The van der Waals surface area contributed by atoms with Crippen molar-refractivity contribution >= 4 is 29.6 Å². The third-order valence-electron chi connectivity index (χ3n) is 10.9. The molecule has 1 fully saturated rings. The zero-order valence-electron chi connectivity index (χ0n) is 29.7. The van der Waals surface area contributed by atoms with Crippen molar-refractivity contribution in [3.8, 4) is 0 Å². The zero-order chi connectivity index (χ0) is 33.4. The number of Topliss-reactive ketones (excluding diaryl/α,β-unsaturated/α-hetero) is 2. The number of rotatable bonds is 19. The Kier molecular flexibility index (Phi) is 14.0. The molecule has 0 spiro atoms. The molecule has 1 saturated heterocycles. The normalized spacial score (nSPS) is 25.6. The Morgan fingerprint density at radius 3 is 2.18 bits per heavy atom. The molecule has 7 nitrogen and oxygen atoms in total. The molecule has 0 aromatic heterocycles. The highest BCUT2D eigenvalue weighted by Crippen LogP contribution is 2.47. The number of amides is 2. The van der Waals surface area contributed by atoms with Gasteiger partial charge in [0.1, 0.15) is 17.6 Å². The Bertz CT molecular complexity index is 1080. The number of carbonyl (C=O) groups excluding carboxylic acids is 4. The average molecular weight is 615 g/mol. The van der Waals surface area contributed by atoms with Gasteiger partial charge < -0.3 is 10.6 Å². The zero-order valence-corrected chi connectivity index (χ0v) is 29.7. The van der Waals surface area contributed by atoms with Crippen LogP contribution in [-0.2, 0) is 19.2 Å². The number of hydrogen-bond donors (Lipinski definition) is 2. The van der Waals surface area contributed by atoms with Crippen LogP contribution in [-0.4, -0.2) is 58.8 Å². The van der Waals surface area contributed by atoms with Crippen LogP contribution >= 0.6 is 0 Å². The van der Waals surface area contributed by atoms with E-state index in [1.807, 2.05) is 0 Å². The minimum atomic E-state index is -0.580. The monoisotopic (exact) mass is 614 g/mol. The molecule has 2 aliphatic heterocycles. The van der Waals surface area contributed by atoms with E-state index < -0.39 is 11.6 Å². The molecule has 7 unspecified atom stereocenters. The molecule has 2 amide bonds. The Morgan fingerprint density at radius 2 is 1.66 bits per heavy atom. The first-order valence-electron chi connectivity index (χ1n) is 17.4. The molecule has 0 bridgehead atoms. The van der Waals surface area contributed by atoms with Crippen molar-refractivity contribution in [2.75, 3.05) is 13.1 Å². The van der Waals surface area contributed by atoms with Gasteiger partial charge in [0.05, 0.1) is 11.8 Å². The van der Waals surface area contributed by atoms with Gasteiger partial charge in [-0.05, 0) is 75.5 Å². The van der Waals surface area contributed by atoms with Gasteiger partial charge in [-0.3, -0.25) is 19.2 Å². The van der Waals surface area contributed by atoms with E-state index in [0.717, 1.165) is 45.1 Å². The van der Waals surface area contributed by atoms with E-state index >= 15 is 0 Å². The lowest BCUT2D eigenvalue weighted by Gasteiger charge is -2.47. The van der Waals surface area contributed by atoms with Crippen LogP contribution in [0.2, 0.25) is 0 Å². The molecule has 2 aliphatic rings. The highest BCUT2D eigenvalue weighted by atomic mass is 16.2. The van der Waals surface area contributed by atoms with Crippen molar-refractivity contribution < 1.29 is 23.8 Å². The number of nitrogens with zero attached hydrogens (tertiary/aromatic N) is 1. The number of ketones is 2. The minimum Gasteiger partial charge on any atom is -0.354 e. The molecular formula is C37H64N3O4+. The number of fused-ring (bicyclic) bond motifs is 1. The second-order valence-corrected chi connectivity index (χ2v) is 15.3. The summed E-state index contributed by atoms with van der Waals surface area (Å²) >= 11 is 0. The summed E-state index contributed by atoms with van der Waals surface area (Å²) in [7, 11) is 0. The standard InChI is InChI=1S/C37H63N3O4/c1-12-28(8)36(11)23-40-20-18-37(40,22-29(36)9)35(44)39-32(21-24(2)3)34(43)38-19-17-26(6)13-15-31(42)16-14-27(7)33(25(4)5)30(10)41/h23-27,29,32-33H,8,12-22H2,1-7,9-11H3,(H-,38,39,43,44)/p+1. The predicted molar refractivity (Wildman–Crippen MR) is 180 cm³/mol. The maximum atomic E-state index is 13.8. The summed E-state index contributed by atoms with van der Waals surface area (Å²) in [5, 5.41) is 6.22. The van der Waals surface area contributed by atoms with E-state index in [-0.39, 0.29) is 58.4 Å². The molecule has 0 aromatic carbocycles. The quantitative estimate of drug-likeness (QED) is 0.128. The second kappa shape index (κ2) is 16.3. The molecule has 0 aromatic rings. The fraction of sp³-hybridized carbons (Fsp3) is 0.811. The van der Waals surface area contributed by atoms with Gasteiger partial charge in [-0.15, -0.1) is 0 Å². The van der Waals surface area contributed by atoms with Crippen LogP contribution in [0.15, 0.2) is 12.2 Å². The smallest absolute Gasteiger partial charge is 0.292 e. The van der Waals surface area contributed by atoms with Crippen molar-refractivity contribution in [1.29, 1.82) is 0 Å². The Morgan fingerprint density at radius 1 is 1.02 bits per heavy atom. The summed E-state index contributed by atoms with van der Waals surface area (Å²) in [6.07, 6.45) is 8.63. The summed E-state index contributed by atoms with van der Waals surface area (Å²) in [4.78, 5) is 51.7. The molecule has 7 atom stereocenters. The molecule has 2 heterocycles. The van der Waals surface area contributed by atoms with Gasteiger partial charge in [-0.1, -0.05) is 67.5 Å². The Labute approximate surface area is 268 Å². The number of hydrogen-bond acceptors (Lipinski definition) is 4. The molecular weight excluding hydrogens is 550 g/mol. The summed E-state index contributed by atoms with van der Waals surface area (Å²) in [5.74, 6) is 1.61. The molecule has 2 rings (SSSR count). The molecule has 44 heavy (non-hydrogen) atoms. The lowest BCUT2D eigenvalue weighted by atomic mass is 9.62. The van der Waals surface area contributed by atoms with Gasteiger partial charge in [0.25, 0.3) is 5.91 Å². The average Bonchev–Trinajstić information content (AvgIpc) is 2.93. The Balaban J connectivity index is 1.87. The van der Waals surface area contributed by atoms with E-state index in [0.29, 0.717) is 31.7 Å². The molecule has 250 valence electrons. The fourth-order valence-electron chi connectivity index (χ4n) is 7.58. The first-order valence-corrected chi connectivity index (χ1v) is 17.4. The molecule has 0 radical (unpaired) electrons. The van der Waals surface area contributed by atoms with Crippen molar-refractivity contribution in [1.82, 2.24) is 10.6 Å². The van der Waals surface area contributed by atoms with Crippen LogP contribution in [0.5, 0.6) is 0 Å². The van der Waals surface area contributed by atoms with E-state index in [1.54, 1.807) is 6.92 Å². The lowest BCUT2D eigenvalue weighted by Crippen LogP contribution is -2.69. The van der Waals surface area contributed by atoms with Gasteiger partial charge >= 0.3 is 0 Å². The lowest BCUT2D eigenvalue weighted by molar-refractivity contribution is -0.660. The summed E-state index contributed by atoms with van der Waals surface area (Å²) in [6.45, 7) is 26.4. The molecule has 0 aliphatic carbocycles. The van der Waals surface area contributed by atoms with Gasteiger partial charge in [0.15, 0.2) is 12.8 Å². The summed E-state index contributed by atoms with van der Waals surface area (Å²) in [6, 6.07) is -0.572. The molecule has 0 saturated carbocycles. The van der Waals surface area contributed by atoms with Crippen LogP contribution in [0.1, 0.15) is 127 Å². The number of nitrogens with one attached hydrogen (secondary N) is 2. The van der Waals surface area contributed by atoms with Crippen molar-refractivity contribution in [3.05, 3.63) is 12.2 Å². The topological polar surface area (TPSA) is 95.3 Å². The Hall–Kier alpha value is -2.31.